The van der Waals surface area contributed by atoms with E-state index in [0.717, 1.165) is 18.2 Å². The molecule has 0 aliphatic carbocycles. The first-order valence-electron chi connectivity index (χ1n) is 4.12. The molecular formula is C7H8IN3O2S. The highest BCUT2D eigenvalue weighted by Gasteiger charge is 2.30. The molecule has 5 nitrogen and oxygen atoms in total. The molecule has 0 unspecified atom stereocenters. The summed E-state index contributed by atoms with van der Waals surface area (Å²) in [6.07, 6.45) is 2.05. The average Bonchev–Trinajstić information content (AvgIpc) is 2.62. The van der Waals surface area contributed by atoms with Crippen molar-refractivity contribution in [2.45, 2.75) is 6.42 Å². The lowest BCUT2D eigenvalue weighted by Crippen LogP contribution is -2.47. The van der Waals surface area contributed by atoms with Gasteiger partial charge < -0.3 is 7.97 Å². The average molecular weight is 325 g/mol. The number of nitrogens with zero attached hydrogens (tertiary/aromatic N) is 3. The predicted molar refractivity (Wildman–Crippen MR) is 60.3 cm³/mol. The molecule has 0 amide bonds. The van der Waals surface area contributed by atoms with Crippen LogP contribution in [0.2, 0.25) is 0 Å². The number of halogens is 1. The second-order valence-electron chi connectivity index (χ2n) is 3.15. The molecule has 1 aliphatic heterocycles. The Labute approximate surface area is 99.3 Å². The summed E-state index contributed by atoms with van der Waals surface area (Å²) in [6, 6.07) is 0. The minimum absolute atomic E-state index is 0.146. The summed E-state index contributed by atoms with van der Waals surface area (Å²) >= 11 is 3.00. The van der Waals surface area contributed by atoms with Gasteiger partial charge in [-0.25, -0.2) is 4.98 Å². The minimum Gasteiger partial charge on any atom is -0.394 e. The zero-order chi connectivity index (χ0) is 9.97. The van der Waals surface area contributed by atoms with Crippen molar-refractivity contribution in [1.29, 1.82) is 0 Å². The summed E-state index contributed by atoms with van der Waals surface area (Å²) in [5.74, 6) is 0.258. The molecule has 1 aromatic rings. The fourth-order valence-electron chi connectivity index (χ4n) is 1.43. The van der Waals surface area contributed by atoms with Crippen LogP contribution >= 0.6 is 34.5 Å². The van der Waals surface area contributed by atoms with Crippen LogP contribution in [0.3, 0.4) is 0 Å². The van der Waals surface area contributed by atoms with E-state index in [0.29, 0.717) is 12.3 Å². The fraction of sp³-hybridized carbons (Fsp3) is 0.571. The third kappa shape index (κ3) is 2.14. The first-order valence-corrected chi connectivity index (χ1v) is 5.78. The highest BCUT2D eigenvalue weighted by atomic mass is 127. The number of anilines is 1. The predicted octanol–water partition coefficient (Wildman–Crippen LogP) is 1.26. The molecule has 1 aromatic heterocycles. The molecule has 2 rings (SSSR count). The molecule has 0 atom stereocenters. The molecule has 0 N–H and O–H groups in total. The van der Waals surface area contributed by atoms with Gasteiger partial charge in [-0.05, 0) is 0 Å². The van der Waals surface area contributed by atoms with Gasteiger partial charge in [0, 0.05) is 30.5 Å². The second kappa shape index (κ2) is 4.39. The molecule has 1 saturated heterocycles. The van der Waals surface area contributed by atoms with Crippen molar-refractivity contribution in [3.8, 4) is 0 Å². The molecule has 0 radical (unpaired) electrons. The van der Waals surface area contributed by atoms with E-state index in [1.54, 1.807) is 29.3 Å². The Morgan fingerprint density at radius 3 is 3.14 bits per heavy atom. The van der Waals surface area contributed by atoms with E-state index in [1.165, 1.54) is 11.5 Å². The van der Waals surface area contributed by atoms with E-state index in [4.69, 9.17) is 0 Å². The van der Waals surface area contributed by atoms with Gasteiger partial charge in [-0.1, -0.05) is 0 Å². The molecule has 7 heteroatoms. The summed E-state index contributed by atoms with van der Waals surface area (Å²) in [5, 5.41) is 0.934. The highest BCUT2D eigenvalue weighted by Crippen LogP contribution is 2.27. The van der Waals surface area contributed by atoms with Crippen molar-refractivity contribution in [3.63, 3.8) is 0 Å². The SMILES string of the molecule is O=C(CC1CN(c2ncns2)C1)OI. The Morgan fingerprint density at radius 2 is 2.57 bits per heavy atom. The van der Waals surface area contributed by atoms with E-state index in [2.05, 4.69) is 17.3 Å². The summed E-state index contributed by atoms with van der Waals surface area (Å²) < 4.78 is 8.49. The van der Waals surface area contributed by atoms with Gasteiger partial charge in [0.25, 0.3) is 0 Å². The maximum atomic E-state index is 10.9. The van der Waals surface area contributed by atoms with Crippen LogP contribution in [0, 0.1) is 5.92 Å². The van der Waals surface area contributed by atoms with Crippen LogP contribution in [-0.2, 0) is 7.86 Å². The minimum atomic E-state index is -0.146. The van der Waals surface area contributed by atoms with Gasteiger partial charge in [0.15, 0.2) is 23.0 Å². The molecule has 2 heterocycles. The molecule has 1 fully saturated rings. The summed E-state index contributed by atoms with van der Waals surface area (Å²) in [5.41, 5.74) is 0. The molecule has 0 aromatic carbocycles. The molecule has 1 aliphatic rings. The third-order valence-corrected chi connectivity index (χ3v) is 3.34. The van der Waals surface area contributed by atoms with Gasteiger partial charge in [-0.3, -0.25) is 4.79 Å². The number of aromatic nitrogens is 2. The highest BCUT2D eigenvalue weighted by molar-refractivity contribution is 14.1. The van der Waals surface area contributed by atoms with Crippen molar-refractivity contribution < 1.29 is 7.86 Å². The van der Waals surface area contributed by atoms with Crippen LogP contribution in [-0.4, -0.2) is 28.4 Å². The van der Waals surface area contributed by atoms with Crippen molar-refractivity contribution in [1.82, 2.24) is 9.36 Å². The van der Waals surface area contributed by atoms with E-state index in [1.807, 2.05) is 0 Å². The Kier molecular flexibility index (Phi) is 3.16. The van der Waals surface area contributed by atoms with Crippen molar-refractivity contribution in [2.75, 3.05) is 18.0 Å². The molecule has 0 spiro atoms. The Balaban J connectivity index is 1.77. The number of carbonyl (C=O) groups is 1. The quantitative estimate of drug-likeness (QED) is 0.783. The maximum absolute atomic E-state index is 10.9. The number of hydrogen-bond acceptors (Lipinski definition) is 6. The van der Waals surface area contributed by atoms with Gasteiger partial charge in [-0.2, -0.15) is 4.37 Å². The zero-order valence-electron chi connectivity index (χ0n) is 7.22. The summed E-state index contributed by atoms with van der Waals surface area (Å²) in [6.45, 7) is 1.75. The van der Waals surface area contributed by atoms with Crippen LogP contribution in [0.25, 0.3) is 0 Å². The van der Waals surface area contributed by atoms with Crippen LogP contribution in [0.4, 0.5) is 5.13 Å². The normalized spacial score (nSPS) is 16.5. The lowest BCUT2D eigenvalue weighted by Gasteiger charge is -2.38. The van der Waals surface area contributed by atoms with Crippen LogP contribution in [0.15, 0.2) is 6.33 Å². The van der Waals surface area contributed by atoms with E-state index >= 15 is 0 Å². The topological polar surface area (TPSA) is 55.3 Å². The molecule has 0 saturated carbocycles. The monoisotopic (exact) mass is 325 g/mol. The molecule has 0 bridgehead atoms. The maximum Gasteiger partial charge on any atom is 0.315 e. The summed E-state index contributed by atoms with van der Waals surface area (Å²) in [7, 11) is 0. The molecule has 14 heavy (non-hydrogen) atoms. The molecular weight excluding hydrogens is 317 g/mol. The second-order valence-corrected chi connectivity index (χ2v) is 4.35. The lowest BCUT2D eigenvalue weighted by atomic mass is 9.97. The van der Waals surface area contributed by atoms with Gasteiger partial charge in [0.05, 0.1) is 6.42 Å². The van der Waals surface area contributed by atoms with Gasteiger partial charge >= 0.3 is 5.97 Å². The number of rotatable bonds is 3. The van der Waals surface area contributed by atoms with Crippen molar-refractivity contribution >= 4 is 45.6 Å². The van der Waals surface area contributed by atoms with Gasteiger partial charge in [-0.15, -0.1) is 0 Å². The van der Waals surface area contributed by atoms with Crippen LogP contribution < -0.4 is 4.90 Å². The first-order chi connectivity index (χ1) is 6.79. The Morgan fingerprint density at radius 1 is 1.79 bits per heavy atom. The van der Waals surface area contributed by atoms with Crippen molar-refractivity contribution in [2.24, 2.45) is 5.92 Å². The Bertz CT molecular complexity index is 313. The van der Waals surface area contributed by atoms with Gasteiger partial charge in [0.1, 0.15) is 6.33 Å². The smallest absolute Gasteiger partial charge is 0.315 e. The Hall–Kier alpha value is -0.440. The van der Waals surface area contributed by atoms with E-state index in [-0.39, 0.29) is 5.97 Å². The van der Waals surface area contributed by atoms with E-state index < -0.39 is 0 Å². The number of carbonyl (C=O) groups excluding carboxylic acids is 1. The fourth-order valence-corrected chi connectivity index (χ4v) is 2.16. The molecule has 76 valence electrons. The van der Waals surface area contributed by atoms with E-state index in [9.17, 15) is 4.79 Å². The van der Waals surface area contributed by atoms with Crippen LogP contribution in [0.5, 0.6) is 0 Å². The standard InChI is InChI=1S/C7H8IN3O2S/c8-13-6(12)1-5-2-11(3-5)7-9-4-10-14-7/h4-5H,1-3H2. The van der Waals surface area contributed by atoms with Gasteiger partial charge in [0.2, 0.25) is 5.13 Å². The van der Waals surface area contributed by atoms with Crippen molar-refractivity contribution in [3.05, 3.63) is 6.33 Å². The van der Waals surface area contributed by atoms with Crippen LogP contribution in [0.1, 0.15) is 6.42 Å². The largest absolute Gasteiger partial charge is 0.394 e. The third-order valence-electron chi connectivity index (χ3n) is 2.12. The summed E-state index contributed by atoms with van der Waals surface area (Å²) in [4.78, 5) is 17.1. The number of hydrogen-bond donors (Lipinski definition) is 0. The lowest BCUT2D eigenvalue weighted by molar-refractivity contribution is -0.132. The zero-order valence-corrected chi connectivity index (χ0v) is 10.2. The first kappa shape index (κ1) is 10.1.